The van der Waals surface area contributed by atoms with E-state index in [2.05, 4.69) is 15.3 Å². The van der Waals surface area contributed by atoms with Crippen LogP contribution in [0.1, 0.15) is 11.7 Å². The van der Waals surface area contributed by atoms with Gasteiger partial charge in [0.15, 0.2) is 0 Å². The van der Waals surface area contributed by atoms with Crippen LogP contribution < -0.4 is 5.32 Å². The van der Waals surface area contributed by atoms with Crippen molar-refractivity contribution < 1.29 is 9.84 Å². The van der Waals surface area contributed by atoms with E-state index in [-0.39, 0.29) is 6.61 Å². The molecule has 0 saturated carbocycles. The van der Waals surface area contributed by atoms with Crippen molar-refractivity contribution in [3.63, 3.8) is 0 Å². The summed E-state index contributed by atoms with van der Waals surface area (Å²) in [6, 6.07) is 7.35. The molecule has 0 radical (unpaired) electrons. The molecule has 2 aromatic rings. The van der Waals surface area contributed by atoms with Crippen molar-refractivity contribution in [2.24, 2.45) is 0 Å². The number of aliphatic hydroxyl groups is 1. The molecule has 0 unspecified atom stereocenters. The zero-order valence-electron chi connectivity index (χ0n) is 10.4. The van der Waals surface area contributed by atoms with Gasteiger partial charge >= 0.3 is 0 Å². The third-order valence-electron chi connectivity index (χ3n) is 2.47. The topological polar surface area (TPSA) is 67.3 Å². The first-order valence-electron chi connectivity index (χ1n) is 5.70. The van der Waals surface area contributed by atoms with E-state index in [0.29, 0.717) is 11.0 Å². The van der Waals surface area contributed by atoms with Crippen LogP contribution in [0.15, 0.2) is 36.7 Å². The molecule has 0 aliphatic carbocycles. The van der Waals surface area contributed by atoms with Crippen LogP contribution in [0.4, 0.5) is 11.6 Å². The molecule has 1 heterocycles. The first kappa shape index (κ1) is 13.7. The molecule has 19 heavy (non-hydrogen) atoms. The number of nitrogens with zero attached hydrogens (tertiary/aromatic N) is 2. The minimum Gasteiger partial charge on any atom is -0.386 e. The highest BCUT2D eigenvalue weighted by molar-refractivity contribution is 6.30. The number of ether oxygens (including phenoxy) is 1. The lowest BCUT2D eigenvalue weighted by Gasteiger charge is -2.11. The molecule has 0 spiro atoms. The second-order valence-corrected chi connectivity index (χ2v) is 4.38. The minimum absolute atomic E-state index is 0.251. The predicted octanol–water partition coefficient (Wildman–Crippen LogP) is 2.55. The summed E-state index contributed by atoms with van der Waals surface area (Å²) >= 11 is 5.72. The lowest BCUT2D eigenvalue weighted by molar-refractivity contribution is 0.0644. The normalized spacial score (nSPS) is 12.2. The SMILES string of the molecule is COC[C@H](O)c1cccc(Nc2ncc(Cl)cn2)c1. The van der Waals surface area contributed by atoms with Gasteiger partial charge in [0.05, 0.1) is 24.0 Å². The quantitative estimate of drug-likeness (QED) is 0.880. The Morgan fingerprint density at radius 2 is 2.11 bits per heavy atom. The fourth-order valence-corrected chi connectivity index (χ4v) is 1.68. The molecule has 2 rings (SSSR count). The average molecular weight is 280 g/mol. The average Bonchev–Trinajstić information content (AvgIpc) is 2.42. The number of nitrogens with one attached hydrogen (secondary N) is 1. The maximum Gasteiger partial charge on any atom is 0.227 e. The van der Waals surface area contributed by atoms with Crippen molar-refractivity contribution >= 4 is 23.2 Å². The van der Waals surface area contributed by atoms with Crippen LogP contribution in [0.5, 0.6) is 0 Å². The Bertz CT molecular complexity index is 534. The largest absolute Gasteiger partial charge is 0.386 e. The Kier molecular flexibility index (Phi) is 4.68. The Balaban J connectivity index is 2.12. The van der Waals surface area contributed by atoms with Gasteiger partial charge in [-0.2, -0.15) is 0 Å². The van der Waals surface area contributed by atoms with E-state index in [0.717, 1.165) is 11.3 Å². The molecule has 100 valence electrons. The number of aromatic nitrogens is 2. The molecule has 1 atom stereocenters. The molecule has 0 aliphatic heterocycles. The lowest BCUT2D eigenvalue weighted by atomic mass is 10.1. The van der Waals surface area contributed by atoms with E-state index in [4.69, 9.17) is 16.3 Å². The maximum atomic E-state index is 9.85. The van der Waals surface area contributed by atoms with Crippen LogP contribution in [0, 0.1) is 0 Å². The summed E-state index contributed by atoms with van der Waals surface area (Å²) in [4.78, 5) is 8.09. The van der Waals surface area contributed by atoms with E-state index in [1.54, 1.807) is 7.11 Å². The molecular formula is C13H14ClN3O2. The summed E-state index contributed by atoms with van der Waals surface area (Å²) in [5.41, 5.74) is 1.55. The van der Waals surface area contributed by atoms with Gasteiger partial charge in [-0.1, -0.05) is 23.7 Å². The van der Waals surface area contributed by atoms with Gasteiger partial charge in [-0.05, 0) is 17.7 Å². The Morgan fingerprint density at radius 1 is 1.37 bits per heavy atom. The summed E-state index contributed by atoms with van der Waals surface area (Å²) in [6.45, 7) is 0.251. The van der Waals surface area contributed by atoms with Gasteiger partial charge in [-0.15, -0.1) is 0 Å². The Hall–Kier alpha value is -1.69. The molecule has 1 aromatic heterocycles. The fraction of sp³-hybridized carbons (Fsp3) is 0.231. The van der Waals surface area contributed by atoms with Crippen molar-refractivity contribution in [2.75, 3.05) is 19.0 Å². The molecule has 0 amide bonds. The fourth-order valence-electron chi connectivity index (χ4n) is 1.58. The van der Waals surface area contributed by atoms with Crippen molar-refractivity contribution in [1.29, 1.82) is 0 Å². The number of hydrogen-bond donors (Lipinski definition) is 2. The number of rotatable bonds is 5. The van der Waals surface area contributed by atoms with Crippen molar-refractivity contribution in [3.8, 4) is 0 Å². The highest BCUT2D eigenvalue weighted by Crippen LogP contribution is 2.20. The minimum atomic E-state index is -0.655. The van der Waals surface area contributed by atoms with Gasteiger partial charge in [-0.25, -0.2) is 9.97 Å². The molecule has 0 fully saturated rings. The van der Waals surface area contributed by atoms with Crippen LogP contribution >= 0.6 is 11.6 Å². The summed E-state index contributed by atoms with van der Waals surface area (Å²) in [5, 5.41) is 13.4. The monoisotopic (exact) mass is 279 g/mol. The van der Waals surface area contributed by atoms with E-state index in [1.807, 2.05) is 24.3 Å². The molecule has 0 saturated heterocycles. The molecule has 2 N–H and O–H groups in total. The Morgan fingerprint density at radius 3 is 2.79 bits per heavy atom. The van der Waals surface area contributed by atoms with Crippen LogP contribution in [-0.2, 0) is 4.74 Å². The second kappa shape index (κ2) is 6.47. The third kappa shape index (κ3) is 3.89. The molecule has 6 heteroatoms. The maximum absolute atomic E-state index is 9.85. The molecule has 0 aliphatic rings. The zero-order valence-corrected chi connectivity index (χ0v) is 11.1. The van der Waals surface area contributed by atoms with Crippen molar-refractivity contribution in [1.82, 2.24) is 9.97 Å². The number of aliphatic hydroxyl groups excluding tert-OH is 1. The third-order valence-corrected chi connectivity index (χ3v) is 2.67. The number of halogens is 1. The van der Waals surface area contributed by atoms with Gasteiger partial charge in [0.2, 0.25) is 5.95 Å². The molecule has 1 aromatic carbocycles. The van der Waals surface area contributed by atoms with Crippen molar-refractivity contribution in [2.45, 2.75) is 6.10 Å². The summed E-state index contributed by atoms with van der Waals surface area (Å²) in [7, 11) is 1.55. The first-order valence-corrected chi connectivity index (χ1v) is 6.08. The van der Waals surface area contributed by atoms with Gasteiger partial charge in [0.25, 0.3) is 0 Å². The predicted molar refractivity (Wildman–Crippen MR) is 73.6 cm³/mol. The van der Waals surface area contributed by atoms with Crippen LogP contribution in [0.3, 0.4) is 0 Å². The summed E-state index contributed by atoms with van der Waals surface area (Å²) < 4.78 is 4.92. The summed E-state index contributed by atoms with van der Waals surface area (Å²) in [5.74, 6) is 0.447. The first-order chi connectivity index (χ1) is 9.19. The highest BCUT2D eigenvalue weighted by Gasteiger charge is 2.07. The Labute approximate surface area is 116 Å². The number of hydrogen-bond acceptors (Lipinski definition) is 5. The second-order valence-electron chi connectivity index (χ2n) is 3.95. The summed E-state index contributed by atoms with van der Waals surface area (Å²) in [6.07, 6.45) is 2.37. The number of benzene rings is 1. The molecule has 0 bridgehead atoms. The van der Waals surface area contributed by atoms with Crippen LogP contribution in [0.2, 0.25) is 5.02 Å². The zero-order chi connectivity index (χ0) is 13.7. The lowest BCUT2D eigenvalue weighted by Crippen LogP contribution is -2.05. The van der Waals surface area contributed by atoms with Gasteiger partial charge in [0.1, 0.15) is 6.10 Å². The smallest absolute Gasteiger partial charge is 0.227 e. The van der Waals surface area contributed by atoms with Gasteiger partial charge in [0, 0.05) is 12.8 Å². The number of anilines is 2. The number of methoxy groups -OCH3 is 1. The van der Waals surface area contributed by atoms with Crippen LogP contribution in [-0.4, -0.2) is 28.8 Å². The molecular weight excluding hydrogens is 266 g/mol. The highest BCUT2D eigenvalue weighted by atomic mass is 35.5. The van der Waals surface area contributed by atoms with Crippen molar-refractivity contribution in [3.05, 3.63) is 47.2 Å². The molecule has 5 nitrogen and oxygen atoms in total. The van der Waals surface area contributed by atoms with E-state index >= 15 is 0 Å². The van der Waals surface area contributed by atoms with Crippen LogP contribution in [0.25, 0.3) is 0 Å². The van der Waals surface area contributed by atoms with E-state index < -0.39 is 6.10 Å². The van der Waals surface area contributed by atoms with E-state index in [1.165, 1.54) is 12.4 Å². The van der Waals surface area contributed by atoms with Gasteiger partial charge in [-0.3, -0.25) is 0 Å². The van der Waals surface area contributed by atoms with Gasteiger partial charge < -0.3 is 15.2 Å². The standard InChI is InChI=1S/C13H14ClN3O2/c1-19-8-12(18)9-3-2-4-11(5-9)17-13-15-6-10(14)7-16-13/h2-7,12,18H,8H2,1H3,(H,15,16,17)/t12-/m0/s1. The van der Waals surface area contributed by atoms with E-state index in [9.17, 15) is 5.11 Å².